The summed E-state index contributed by atoms with van der Waals surface area (Å²) >= 11 is 0. The van der Waals surface area contributed by atoms with Gasteiger partial charge in [-0.05, 0) is 12.5 Å². The van der Waals surface area contributed by atoms with Crippen LogP contribution in [0.15, 0.2) is 30.3 Å². The Bertz CT molecular complexity index is 651. The van der Waals surface area contributed by atoms with E-state index in [1.165, 1.54) is 16.9 Å². The summed E-state index contributed by atoms with van der Waals surface area (Å²) < 4.78 is 10.1. The molecule has 2 rings (SSSR count). The molecule has 8 heteroatoms. The Balaban J connectivity index is 2.04. The van der Waals surface area contributed by atoms with Gasteiger partial charge in [0.15, 0.2) is 0 Å². The number of hydrogen-bond donors (Lipinski definition) is 1. The summed E-state index contributed by atoms with van der Waals surface area (Å²) in [6.45, 7) is 2.06. The number of amides is 2. The zero-order valence-corrected chi connectivity index (χ0v) is 15.7. The van der Waals surface area contributed by atoms with Gasteiger partial charge in [-0.3, -0.25) is 4.79 Å². The molecule has 0 aromatic heterocycles. The van der Waals surface area contributed by atoms with Crippen LogP contribution in [0.4, 0.5) is 4.79 Å². The third-order valence-corrected chi connectivity index (χ3v) is 4.57. The summed E-state index contributed by atoms with van der Waals surface area (Å²) in [4.78, 5) is 39.9. The standard InChI is InChI=1S/C19H26N2O6/c1-14-12-21(16(9-11-22)18(24)26-2)17(23)8-10-20(14)19(25)27-13-15-6-4-3-5-7-15/h3-7,14,16,22H,8-13H2,1-2H3/t14?,16-/m0/s1. The number of aliphatic hydroxyl groups is 1. The fourth-order valence-electron chi connectivity index (χ4n) is 3.10. The second-order valence-electron chi connectivity index (χ2n) is 6.43. The molecule has 1 unspecified atom stereocenters. The van der Waals surface area contributed by atoms with Crippen molar-refractivity contribution in [1.82, 2.24) is 9.80 Å². The van der Waals surface area contributed by atoms with E-state index in [1.54, 1.807) is 6.92 Å². The maximum Gasteiger partial charge on any atom is 0.410 e. The molecule has 0 aliphatic carbocycles. The quantitative estimate of drug-likeness (QED) is 0.747. The van der Waals surface area contributed by atoms with E-state index in [0.717, 1.165) is 5.56 Å². The zero-order chi connectivity index (χ0) is 19.8. The van der Waals surface area contributed by atoms with Crippen LogP contribution in [-0.4, -0.2) is 71.8 Å². The summed E-state index contributed by atoms with van der Waals surface area (Å²) in [6.07, 6.45) is -0.342. The first-order valence-corrected chi connectivity index (χ1v) is 8.93. The van der Waals surface area contributed by atoms with Crippen LogP contribution in [-0.2, 0) is 25.7 Å². The molecule has 1 aromatic rings. The van der Waals surface area contributed by atoms with Crippen molar-refractivity contribution in [2.45, 2.75) is 38.5 Å². The van der Waals surface area contributed by atoms with Gasteiger partial charge in [-0.25, -0.2) is 9.59 Å². The normalized spacial score (nSPS) is 18.6. The topological polar surface area (TPSA) is 96.4 Å². The van der Waals surface area contributed by atoms with Crippen molar-refractivity contribution in [2.75, 3.05) is 26.8 Å². The van der Waals surface area contributed by atoms with E-state index < -0.39 is 18.1 Å². The Kier molecular flexibility index (Phi) is 7.60. The summed E-state index contributed by atoms with van der Waals surface area (Å²) in [5, 5.41) is 9.22. The van der Waals surface area contributed by atoms with Gasteiger partial charge < -0.3 is 24.4 Å². The molecule has 1 saturated heterocycles. The van der Waals surface area contributed by atoms with Crippen molar-refractivity contribution in [3.63, 3.8) is 0 Å². The maximum atomic E-state index is 12.5. The van der Waals surface area contributed by atoms with Gasteiger partial charge in [-0.2, -0.15) is 0 Å². The number of aliphatic hydroxyl groups excluding tert-OH is 1. The zero-order valence-electron chi connectivity index (χ0n) is 15.7. The SMILES string of the molecule is COC(=O)[C@H](CCO)N1CC(C)N(C(=O)OCc2ccccc2)CCC1=O. The molecule has 8 nitrogen and oxygen atoms in total. The average molecular weight is 378 g/mol. The first-order chi connectivity index (χ1) is 13.0. The Labute approximate surface area is 158 Å². The van der Waals surface area contributed by atoms with Crippen LogP contribution in [0, 0.1) is 0 Å². The third-order valence-electron chi connectivity index (χ3n) is 4.57. The molecular weight excluding hydrogens is 352 g/mol. The number of carbonyl (C=O) groups is 3. The predicted molar refractivity (Wildman–Crippen MR) is 96.6 cm³/mol. The number of methoxy groups -OCH3 is 1. The summed E-state index contributed by atoms with van der Waals surface area (Å²) in [7, 11) is 1.24. The molecule has 0 spiro atoms. The minimum atomic E-state index is -0.866. The van der Waals surface area contributed by atoms with Crippen LogP contribution >= 0.6 is 0 Å². The van der Waals surface area contributed by atoms with Crippen molar-refractivity contribution in [1.29, 1.82) is 0 Å². The van der Waals surface area contributed by atoms with E-state index in [9.17, 15) is 19.5 Å². The number of rotatable bonds is 6. The number of esters is 1. The van der Waals surface area contributed by atoms with Gasteiger partial charge >= 0.3 is 12.1 Å². The van der Waals surface area contributed by atoms with Gasteiger partial charge in [-0.15, -0.1) is 0 Å². The van der Waals surface area contributed by atoms with Crippen molar-refractivity contribution in [3.8, 4) is 0 Å². The largest absolute Gasteiger partial charge is 0.467 e. The Morgan fingerprint density at radius 2 is 2.00 bits per heavy atom. The van der Waals surface area contributed by atoms with Gasteiger partial charge in [0.05, 0.1) is 7.11 Å². The fraction of sp³-hybridized carbons (Fsp3) is 0.526. The Morgan fingerprint density at radius 1 is 1.30 bits per heavy atom. The second-order valence-corrected chi connectivity index (χ2v) is 6.43. The van der Waals surface area contributed by atoms with Gasteiger partial charge in [-0.1, -0.05) is 30.3 Å². The molecule has 148 valence electrons. The van der Waals surface area contributed by atoms with E-state index in [-0.39, 0.29) is 51.1 Å². The number of carbonyl (C=O) groups excluding carboxylic acids is 3. The number of ether oxygens (including phenoxy) is 2. The molecule has 0 bridgehead atoms. The van der Waals surface area contributed by atoms with Crippen LogP contribution in [0.5, 0.6) is 0 Å². The lowest BCUT2D eigenvalue weighted by molar-refractivity contribution is -0.153. The van der Waals surface area contributed by atoms with Crippen LogP contribution in [0.1, 0.15) is 25.3 Å². The summed E-state index contributed by atoms with van der Waals surface area (Å²) in [5.41, 5.74) is 0.875. The molecular formula is C19H26N2O6. The first-order valence-electron chi connectivity index (χ1n) is 8.93. The van der Waals surface area contributed by atoms with Gasteiger partial charge in [0.1, 0.15) is 12.6 Å². The number of benzene rings is 1. The predicted octanol–water partition coefficient (Wildman–Crippen LogP) is 1.17. The van der Waals surface area contributed by atoms with Crippen molar-refractivity contribution < 1.29 is 29.0 Å². The maximum absolute atomic E-state index is 12.5. The van der Waals surface area contributed by atoms with Gasteiger partial charge in [0.25, 0.3) is 0 Å². The van der Waals surface area contributed by atoms with Crippen molar-refractivity contribution in [3.05, 3.63) is 35.9 Å². The molecule has 1 aliphatic rings. The molecule has 2 amide bonds. The smallest absolute Gasteiger partial charge is 0.410 e. The molecule has 0 saturated carbocycles. The lowest BCUT2D eigenvalue weighted by Gasteiger charge is -2.32. The minimum Gasteiger partial charge on any atom is -0.467 e. The van der Waals surface area contributed by atoms with E-state index in [0.29, 0.717) is 0 Å². The van der Waals surface area contributed by atoms with E-state index >= 15 is 0 Å². The third kappa shape index (κ3) is 5.43. The molecule has 1 N–H and O–H groups in total. The molecule has 2 atom stereocenters. The Hall–Kier alpha value is -2.61. The summed E-state index contributed by atoms with van der Waals surface area (Å²) in [6, 6.07) is 8.12. The molecule has 0 radical (unpaired) electrons. The van der Waals surface area contributed by atoms with Gasteiger partial charge in [0.2, 0.25) is 5.91 Å². The number of hydrogen-bond acceptors (Lipinski definition) is 6. The highest BCUT2D eigenvalue weighted by Crippen LogP contribution is 2.18. The average Bonchev–Trinajstić information content (AvgIpc) is 2.83. The summed E-state index contributed by atoms with van der Waals surface area (Å²) in [5.74, 6) is -0.839. The Morgan fingerprint density at radius 3 is 2.63 bits per heavy atom. The highest BCUT2D eigenvalue weighted by atomic mass is 16.6. The van der Waals surface area contributed by atoms with Crippen molar-refractivity contribution in [2.24, 2.45) is 0 Å². The molecule has 27 heavy (non-hydrogen) atoms. The number of nitrogens with zero attached hydrogens (tertiary/aromatic N) is 2. The van der Waals surface area contributed by atoms with E-state index in [4.69, 9.17) is 9.47 Å². The van der Waals surface area contributed by atoms with Crippen LogP contribution in [0.25, 0.3) is 0 Å². The van der Waals surface area contributed by atoms with Crippen LogP contribution < -0.4 is 0 Å². The molecule has 1 aromatic carbocycles. The first kappa shape index (κ1) is 20.7. The van der Waals surface area contributed by atoms with Crippen molar-refractivity contribution >= 4 is 18.0 Å². The second kappa shape index (κ2) is 9.91. The lowest BCUT2D eigenvalue weighted by atomic mass is 10.1. The molecule has 1 fully saturated rings. The van der Waals surface area contributed by atoms with Crippen LogP contribution in [0.2, 0.25) is 0 Å². The van der Waals surface area contributed by atoms with Crippen LogP contribution in [0.3, 0.4) is 0 Å². The monoisotopic (exact) mass is 378 g/mol. The molecule has 1 aliphatic heterocycles. The highest BCUT2D eigenvalue weighted by Gasteiger charge is 2.36. The molecule has 1 heterocycles. The van der Waals surface area contributed by atoms with E-state index in [2.05, 4.69) is 0 Å². The highest BCUT2D eigenvalue weighted by molar-refractivity contribution is 5.85. The van der Waals surface area contributed by atoms with Gasteiger partial charge in [0, 0.05) is 38.6 Å². The van der Waals surface area contributed by atoms with E-state index in [1.807, 2.05) is 30.3 Å². The minimum absolute atomic E-state index is 0.0731. The lowest BCUT2D eigenvalue weighted by Crippen LogP contribution is -2.49. The fourth-order valence-corrected chi connectivity index (χ4v) is 3.10.